The second-order valence-corrected chi connectivity index (χ2v) is 6.32. The van der Waals surface area contributed by atoms with Crippen molar-refractivity contribution in [2.75, 3.05) is 6.54 Å². The molecule has 0 fully saturated rings. The molecule has 0 aliphatic rings. The van der Waals surface area contributed by atoms with Crippen LogP contribution < -0.4 is 10.5 Å². The van der Waals surface area contributed by atoms with Crippen LogP contribution in [0.25, 0.3) is 0 Å². The van der Waals surface area contributed by atoms with E-state index in [1.54, 1.807) is 17.5 Å². The summed E-state index contributed by atoms with van der Waals surface area (Å²) in [6, 6.07) is 3.25. The molecule has 1 rings (SSSR count). The summed E-state index contributed by atoms with van der Waals surface area (Å²) < 4.78 is 26.1. The molecule has 0 unspecified atom stereocenters. The molecule has 0 saturated heterocycles. The first-order valence-electron chi connectivity index (χ1n) is 5.06. The SMILES string of the molecule is NC(CCCCNS(=O)(=O)c1cccs1)=NO. The molecule has 0 aliphatic carbocycles. The highest BCUT2D eigenvalue weighted by Crippen LogP contribution is 2.15. The Labute approximate surface area is 104 Å². The normalized spacial score (nSPS) is 12.8. The van der Waals surface area contributed by atoms with Crippen LogP contribution in [0, 0.1) is 0 Å². The monoisotopic (exact) mass is 277 g/mol. The number of rotatable bonds is 7. The molecular formula is C9H15N3O3S2. The van der Waals surface area contributed by atoms with Crippen molar-refractivity contribution >= 4 is 27.2 Å². The van der Waals surface area contributed by atoms with Crippen LogP contribution >= 0.6 is 11.3 Å². The van der Waals surface area contributed by atoms with Gasteiger partial charge in [0.15, 0.2) is 0 Å². The van der Waals surface area contributed by atoms with Gasteiger partial charge in [0.25, 0.3) is 0 Å². The third-order valence-corrected chi connectivity index (χ3v) is 4.90. The summed E-state index contributed by atoms with van der Waals surface area (Å²) >= 11 is 1.18. The molecule has 8 heteroatoms. The van der Waals surface area contributed by atoms with Crippen molar-refractivity contribution in [3.8, 4) is 0 Å². The van der Waals surface area contributed by atoms with E-state index in [9.17, 15) is 8.42 Å². The smallest absolute Gasteiger partial charge is 0.250 e. The lowest BCUT2D eigenvalue weighted by molar-refractivity contribution is 0.316. The molecule has 0 aliphatic heterocycles. The van der Waals surface area contributed by atoms with Crippen LogP contribution in [0.4, 0.5) is 0 Å². The molecule has 0 amide bonds. The maximum absolute atomic E-state index is 11.7. The lowest BCUT2D eigenvalue weighted by atomic mass is 10.2. The largest absolute Gasteiger partial charge is 0.409 e. The highest BCUT2D eigenvalue weighted by atomic mass is 32.2. The number of hydrogen-bond acceptors (Lipinski definition) is 5. The quantitative estimate of drug-likeness (QED) is 0.227. The molecular weight excluding hydrogens is 262 g/mol. The number of nitrogens with one attached hydrogen (secondary N) is 1. The third kappa shape index (κ3) is 4.72. The minimum atomic E-state index is -3.37. The Balaban J connectivity index is 2.28. The molecule has 1 heterocycles. The number of thiophene rings is 1. The third-order valence-electron chi connectivity index (χ3n) is 2.04. The van der Waals surface area contributed by atoms with E-state index >= 15 is 0 Å². The van der Waals surface area contributed by atoms with Gasteiger partial charge in [-0.1, -0.05) is 11.2 Å². The van der Waals surface area contributed by atoms with Crippen LogP contribution in [0.3, 0.4) is 0 Å². The zero-order valence-electron chi connectivity index (χ0n) is 9.17. The van der Waals surface area contributed by atoms with Gasteiger partial charge in [-0.15, -0.1) is 11.3 Å². The summed E-state index contributed by atoms with van der Waals surface area (Å²) in [5.41, 5.74) is 5.28. The van der Waals surface area contributed by atoms with Crippen LogP contribution in [0.15, 0.2) is 26.9 Å². The summed E-state index contributed by atoms with van der Waals surface area (Å²) in [5.74, 6) is 0.158. The molecule has 0 atom stereocenters. The summed E-state index contributed by atoms with van der Waals surface area (Å²) in [5, 5.41) is 12.8. The zero-order chi connectivity index (χ0) is 12.7. The number of sulfonamides is 1. The Morgan fingerprint density at radius 2 is 2.29 bits per heavy atom. The number of amidine groups is 1. The van der Waals surface area contributed by atoms with Crippen molar-refractivity contribution in [2.45, 2.75) is 23.5 Å². The molecule has 0 radical (unpaired) electrons. The lowest BCUT2D eigenvalue weighted by Crippen LogP contribution is -2.24. The summed E-state index contributed by atoms with van der Waals surface area (Å²) in [7, 11) is -3.37. The van der Waals surface area contributed by atoms with E-state index in [-0.39, 0.29) is 5.84 Å². The fourth-order valence-electron chi connectivity index (χ4n) is 1.18. The number of unbranched alkanes of at least 4 members (excludes halogenated alkanes) is 1. The van der Waals surface area contributed by atoms with Crippen molar-refractivity contribution in [1.82, 2.24) is 4.72 Å². The van der Waals surface area contributed by atoms with Gasteiger partial charge in [0.1, 0.15) is 10.0 Å². The van der Waals surface area contributed by atoms with Crippen LogP contribution in [-0.4, -0.2) is 26.0 Å². The Hall–Kier alpha value is -1.12. The molecule has 0 aromatic carbocycles. The van der Waals surface area contributed by atoms with Gasteiger partial charge in [-0.3, -0.25) is 0 Å². The van der Waals surface area contributed by atoms with Gasteiger partial charge in [0.05, 0.1) is 0 Å². The predicted molar refractivity (Wildman–Crippen MR) is 66.8 cm³/mol. The number of nitrogens with zero attached hydrogens (tertiary/aromatic N) is 1. The summed E-state index contributed by atoms with van der Waals surface area (Å²) in [4.78, 5) is 0. The lowest BCUT2D eigenvalue weighted by Gasteiger charge is -2.04. The van der Waals surface area contributed by atoms with E-state index in [1.807, 2.05) is 0 Å². The molecule has 0 bridgehead atoms. The van der Waals surface area contributed by atoms with Gasteiger partial charge in [-0.2, -0.15) is 0 Å². The molecule has 0 spiro atoms. The highest BCUT2D eigenvalue weighted by molar-refractivity contribution is 7.91. The van der Waals surface area contributed by atoms with Crippen molar-refractivity contribution in [1.29, 1.82) is 0 Å². The Bertz CT molecular complexity index is 454. The number of oxime groups is 1. The second kappa shape index (κ2) is 6.58. The van der Waals surface area contributed by atoms with E-state index < -0.39 is 10.0 Å². The van der Waals surface area contributed by atoms with E-state index in [1.165, 1.54) is 11.3 Å². The van der Waals surface area contributed by atoms with Crippen molar-refractivity contribution in [3.05, 3.63) is 17.5 Å². The first kappa shape index (κ1) is 13.9. The van der Waals surface area contributed by atoms with Gasteiger partial charge in [0.2, 0.25) is 10.0 Å². The molecule has 96 valence electrons. The van der Waals surface area contributed by atoms with E-state index in [4.69, 9.17) is 10.9 Å². The van der Waals surface area contributed by atoms with E-state index in [2.05, 4.69) is 9.88 Å². The van der Waals surface area contributed by atoms with Gasteiger partial charge in [-0.05, 0) is 24.3 Å². The van der Waals surface area contributed by atoms with Gasteiger partial charge in [0, 0.05) is 13.0 Å². The first-order valence-corrected chi connectivity index (χ1v) is 7.42. The fourth-order valence-corrected chi connectivity index (χ4v) is 3.29. The molecule has 4 N–H and O–H groups in total. The number of hydrogen-bond donors (Lipinski definition) is 3. The molecule has 1 aromatic rings. The van der Waals surface area contributed by atoms with Crippen LogP contribution in [0.2, 0.25) is 0 Å². The van der Waals surface area contributed by atoms with Crippen molar-refractivity contribution < 1.29 is 13.6 Å². The minimum Gasteiger partial charge on any atom is -0.409 e. The van der Waals surface area contributed by atoms with Gasteiger partial charge >= 0.3 is 0 Å². The minimum absolute atomic E-state index is 0.158. The standard InChI is InChI=1S/C9H15N3O3S2/c10-8(12-13)4-1-2-6-11-17(14,15)9-5-3-7-16-9/h3,5,7,11,13H,1-2,4,6H2,(H2,10,12). The van der Waals surface area contributed by atoms with Crippen molar-refractivity contribution in [3.63, 3.8) is 0 Å². The average Bonchev–Trinajstić information content (AvgIpc) is 2.82. The summed E-state index contributed by atoms with van der Waals surface area (Å²) in [6.45, 7) is 0.346. The van der Waals surface area contributed by atoms with Crippen LogP contribution in [0.1, 0.15) is 19.3 Å². The Kier molecular flexibility index (Phi) is 5.39. The Morgan fingerprint density at radius 1 is 1.53 bits per heavy atom. The summed E-state index contributed by atoms with van der Waals surface area (Å²) in [6.07, 6.45) is 1.76. The Morgan fingerprint density at radius 3 is 2.88 bits per heavy atom. The van der Waals surface area contributed by atoms with E-state index in [0.717, 1.165) is 0 Å². The number of nitrogens with two attached hydrogens (primary N) is 1. The van der Waals surface area contributed by atoms with Crippen LogP contribution in [0.5, 0.6) is 0 Å². The predicted octanol–water partition coefficient (Wildman–Crippen LogP) is 0.943. The second-order valence-electron chi connectivity index (χ2n) is 3.38. The molecule has 1 aromatic heterocycles. The van der Waals surface area contributed by atoms with Gasteiger partial charge in [-0.25, -0.2) is 13.1 Å². The topological polar surface area (TPSA) is 105 Å². The molecule has 17 heavy (non-hydrogen) atoms. The van der Waals surface area contributed by atoms with Crippen molar-refractivity contribution in [2.24, 2.45) is 10.9 Å². The fraction of sp³-hybridized carbons (Fsp3) is 0.444. The van der Waals surface area contributed by atoms with Gasteiger partial charge < -0.3 is 10.9 Å². The average molecular weight is 277 g/mol. The molecule has 6 nitrogen and oxygen atoms in total. The van der Waals surface area contributed by atoms with Crippen LogP contribution in [-0.2, 0) is 10.0 Å². The maximum atomic E-state index is 11.7. The maximum Gasteiger partial charge on any atom is 0.250 e. The first-order chi connectivity index (χ1) is 8.06. The van der Waals surface area contributed by atoms with E-state index in [0.29, 0.717) is 30.0 Å². The highest BCUT2D eigenvalue weighted by Gasteiger charge is 2.13. The zero-order valence-corrected chi connectivity index (χ0v) is 10.8. The molecule has 0 saturated carbocycles.